The molecule has 0 aliphatic rings. The fourth-order valence-electron chi connectivity index (χ4n) is 1.99. The summed E-state index contributed by atoms with van der Waals surface area (Å²) in [6.45, 7) is 1.33. The highest BCUT2D eigenvalue weighted by Crippen LogP contribution is 2.38. The van der Waals surface area contributed by atoms with Crippen LogP contribution >= 0.6 is 0 Å². The summed E-state index contributed by atoms with van der Waals surface area (Å²) in [4.78, 5) is 23.1. The van der Waals surface area contributed by atoms with Gasteiger partial charge in [0, 0.05) is 6.07 Å². The van der Waals surface area contributed by atoms with Crippen molar-refractivity contribution in [3.63, 3.8) is 0 Å². The lowest BCUT2D eigenvalue weighted by atomic mass is 10.2. The highest BCUT2D eigenvalue weighted by Gasteiger charge is 2.19. The Balaban J connectivity index is 2.19. The number of carbonyl (C=O) groups is 2. The zero-order valence-corrected chi connectivity index (χ0v) is 14.0. The van der Waals surface area contributed by atoms with Crippen molar-refractivity contribution >= 4 is 11.9 Å². The first kappa shape index (κ1) is 18.1. The third-order valence-electron chi connectivity index (χ3n) is 3.08. The predicted molar refractivity (Wildman–Crippen MR) is 84.6 cm³/mol. The number of nitrogens with zero attached hydrogens (tertiary/aromatic N) is 1. The second kappa shape index (κ2) is 8.04. The standard InChI is InChI=1S/C16H18N2O7/c1-9-4-11(18-25-9)7-24-16(20)10-5-12(21-2)15(13(6-10)22-3)23-8-14(17)19/h4-6H,7-8H2,1-3H3,(H2,17,19). The summed E-state index contributed by atoms with van der Waals surface area (Å²) in [7, 11) is 2.78. The van der Waals surface area contributed by atoms with Crippen LogP contribution in [-0.4, -0.2) is 37.9 Å². The molecule has 9 nitrogen and oxygen atoms in total. The van der Waals surface area contributed by atoms with Gasteiger partial charge in [-0.15, -0.1) is 0 Å². The van der Waals surface area contributed by atoms with E-state index >= 15 is 0 Å². The van der Waals surface area contributed by atoms with E-state index in [9.17, 15) is 9.59 Å². The van der Waals surface area contributed by atoms with Crippen LogP contribution in [0.25, 0.3) is 0 Å². The van der Waals surface area contributed by atoms with Crippen LogP contribution in [-0.2, 0) is 16.1 Å². The monoisotopic (exact) mass is 350 g/mol. The second-order valence-corrected chi connectivity index (χ2v) is 4.97. The van der Waals surface area contributed by atoms with E-state index in [0.717, 1.165) is 0 Å². The summed E-state index contributed by atoms with van der Waals surface area (Å²) < 4.78 is 25.7. The first-order valence-corrected chi connectivity index (χ1v) is 7.21. The molecular formula is C16H18N2O7. The number of methoxy groups -OCH3 is 2. The highest BCUT2D eigenvalue weighted by molar-refractivity contribution is 5.91. The highest BCUT2D eigenvalue weighted by atomic mass is 16.5. The Morgan fingerprint density at radius 1 is 1.16 bits per heavy atom. The Labute approximate surface area is 143 Å². The Morgan fingerprint density at radius 2 is 1.80 bits per heavy atom. The van der Waals surface area contributed by atoms with E-state index in [4.69, 9.17) is 29.2 Å². The van der Waals surface area contributed by atoms with Crippen molar-refractivity contribution in [1.29, 1.82) is 0 Å². The average molecular weight is 350 g/mol. The van der Waals surface area contributed by atoms with Crippen LogP contribution in [0, 0.1) is 6.92 Å². The molecule has 0 fully saturated rings. The van der Waals surface area contributed by atoms with Gasteiger partial charge in [-0.1, -0.05) is 5.16 Å². The molecule has 2 aromatic rings. The fraction of sp³-hybridized carbons (Fsp3) is 0.312. The molecule has 0 saturated carbocycles. The smallest absolute Gasteiger partial charge is 0.338 e. The number of carbonyl (C=O) groups excluding carboxylic acids is 2. The average Bonchev–Trinajstić information content (AvgIpc) is 3.02. The lowest BCUT2D eigenvalue weighted by molar-refractivity contribution is -0.120. The van der Waals surface area contributed by atoms with Crippen molar-refractivity contribution in [2.24, 2.45) is 5.73 Å². The third-order valence-corrected chi connectivity index (χ3v) is 3.08. The normalized spacial score (nSPS) is 10.2. The van der Waals surface area contributed by atoms with Crippen molar-refractivity contribution in [1.82, 2.24) is 5.16 Å². The molecule has 0 atom stereocenters. The summed E-state index contributed by atoms with van der Waals surface area (Å²) in [5, 5.41) is 3.74. The van der Waals surface area contributed by atoms with E-state index in [1.165, 1.54) is 26.4 Å². The molecule has 25 heavy (non-hydrogen) atoms. The molecule has 1 aromatic carbocycles. The van der Waals surface area contributed by atoms with E-state index in [0.29, 0.717) is 11.5 Å². The number of amides is 1. The first-order valence-electron chi connectivity index (χ1n) is 7.21. The molecule has 0 radical (unpaired) electrons. The maximum atomic E-state index is 12.2. The van der Waals surface area contributed by atoms with Gasteiger partial charge in [0.15, 0.2) is 18.1 Å². The lowest BCUT2D eigenvalue weighted by Gasteiger charge is -2.15. The minimum atomic E-state index is -0.657. The van der Waals surface area contributed by atoms with E-state index in [1.54, 1.807) is 13.0 Å². The van der Waals surface area contributed by atoms with Gasteiger partial charge >= 0.3 is 5.97 Å². The summed E-state index contributed by atoms with van der Waals surface area (Å²) in [6.07, 6.45) is 0. The SMILES string of the molecule is COc1cc(C(=O)OCc2cc(C)on2)cc(OC)c1OCC(N)=O. The van der Waals surface area contributed by atoms with Crippen LogP contribution in [0.2, 0.25) is 0 Å². The Hall–Kier alpha value is -3.23. The van der Waals surface area contributed by atoms with Crippen molar-refractivity contribution < 1.29 is 33.1 Å². The zero-order chi connectivity index (χ0) is 18.4. The minimum absolute atomic E-state index is 0.0409. The molecule has 0 aliphatic heterocycles. The number of nitrogens with two attached hydrogens (primary N) is 1. The number of ether oxygens (including phenoxy) is 4. The van der Waals surface area contributed by atoms with Gasteiger partial charge in [0.2, 0.25) is 5.75 Å². The number of aromatic nitrogens is 1. The molecule has 0 saturated heterocycles. The molecule has 1 amide bonds. The van der Waals surface area contributed by atoms with Crippen LogP contribution < -0.4 is 19.9 Å². The molecule has 0 aliphatic carbocycles. The lowest BCUT2D eigenvalue weighted by Crippen LogP contribution is -2.20. The zero-order valence-electron chi connectivity index (χ0n) is 14.0. The second-order valence-electron chi connectivity index (χ2n) is 4.97. The Morgan fingerprint density at radius 3 is 2.28 bits per heavy atom. The van der Waals surface area contributed by atoms with Gasteiger partial charge in [-0.25, -0.2) is 4.79 Å². The molecule has 1 aromatic heterocycles. The van der Waals surface area contributed by atoms with Gasteiger partial charge in [0.25, 0.3) is 5.91 Å². The van der Waals surface area contributed by atoms with Crippen LogP contribution in [0.5, 0.6) is 17.2 Å². The van der Waals surface area contributed by atoms with Gasteiger partial charge < -0.3 is 29.2 Å². The van der Waals surface area contributed by atoms with Gasteiger partial charge in [-0.2, -0.15) is 0 Å². The van der Waals surface area contributed by atoms with Crippen LogP contribution in [0.3, 0.4) is 0 Å². The number of hydrogen-bond acceptors (Lipinski definition) is 8. The van der Waals surface area contributed by atoms with Gasteiger partial charge in [-0.3, -0.25) is 4.79 Å². The number of aryl methyl sites for hydroxylation is 1. The quantitative estimate of drug-likeness (QED) is 0.705. The Kier molecular flexibility index (Phi) is 5.83. The molecule has 2 N–H and O–H groups in total. The largest absolute Gasteiger partial charge is 0.493 e. The third kappa shape index (κ3) is 4.63. The van der Waals surface area contributed by atoms with E-state index in [-0.39, 0.29) is 36.0 Å². The van der Waals surface area contributed by atoms with E-state index < -0.39 is 11.9 Å². The van der Waals surface area contributed by atoms with Gasteiger partial charge in [0.1, 0.15) is 18.1 Å². The van der Waals surface area contributed by atoms with Crippen LogP contribution in [0.15, 0.2) is 22.7 Å². The number of benzene rings is 1. The topological polar surface area (TPSA) is 123 Å². The summed E-state index contributed by atoms with van der Waals surface area (Å²) in [6, 6.07) is 4.49. The van der Waals surface area contributed by atoms with E-state index in [1.807, 2.05) is 0 Å². The maximum Gasteiger partial charge on any atom is 0.338 e. The molecular weight excluding hydrogens is 332 g/mol. The molecule has 2 rings (SSSR count). The molecule has 1 heterocycles. The molecule has 0 bridgehead atoms. The number of rotatable bonds is 8. The minimum Gasteiger partial charge on any atom is -0.493 e. The van der Waals surface area contributed by atoms with Crippen molar-refractivity contribution in [2.75, 3.05) is 20.8 Å². The first-order chi connectivity index (χ1) is 11.9. The number of primary amides is 1. The van der Waals surface area contributed by atoms with Gasteiger partial charge in [0.05, 0.1) is 19.8 Å². The number of hydrogen-bond donors (Lipinski definition) is 1. The van der Waals surface area contributed by atoms with Crippen LogP contribution in [0.1, 0.15) is 21.8 Å². The van der Waals surface area contributed by atoms with Gasteiger partial charge in [-0.05, 0) is 19.1 Å². The van der Waals surface area contributed by atoms with Crippen molar-refractivity contribution in [3.05, 3.63) is 35.2 Å². The summed E-state index contributed by atoms with van der Waals surface area (Å²) >= 11 is 0. The van der Waals surface area contributed by atoms with Crippen LogP contribution in [0.4, 0.5) is 0 Å². The molecule has 134 valence electrons. The molecule has 0 unspecified atom stereocenters. The van der Waals surface area contributed by atoms with Crippen molar-refractivity contribution in [2.45, 2.75) is 13.5 Å². The summed E-state index contributed by atoms with van der Waals surface area (Å²) in [5.41, 5.74) is 5.74. The summed E-state index contributed by atoms with van der Waals surface area (Å²) in [5.74, 6) is -0.0957. The molecule has 9 heteroatoms. The predicted octanol–water partition coefficient (Wildman–Crippen LogP) is 1.22. The van der Waals surface area contributed by atoms with Crippen molar-refractivity contribution in [3.8, 4) is 17.2 Å². The Bertz CT molecular complexity index is 745. The fourth-order valence-corrected chi connectivity index (χ4v) is 1.99. The maximum absolute atomic E-state index is 12.2. The molecule has 0 spiro atoms. The number of esters is 1. The van der Waals surface area contributed by atoms with E-state index in [2.05, 4.69) is 5.16 Å².